The number of carbonyl (C=O) groups is 1. The van der Waals surface area contributed by atoms with Gasteiger partial charge in [-0.1, -0.05) is 6.07 Å². The molecule has 0 aliphatic carbocycles. The van der Waals surface area contributed by atoms with Gasteiger partial charge in [0.15, 0.2) is 0 Å². The van der Waals surface area contributed by atoms with Crippen molar-refractivity contribution < 1.29 is 13.9 Å². The van der Waals surface area contributed by atoms with Gasteiger partial charge in [-0.2, -0.15) is 0 Å². The fourth-order valence-electron chi connectivity index (χ4n) is 3.49. The van der Waals surface area contributed by atoms with Crippen LogP contribution in [0.4, 0.5) is 0 Å². The van der Waals surface area contributed by atoms with E-state index in [0.717, 1.165) is 48.8 Å². The molecule has 2 fully saturated rings. The Hall–Kier alpha value is -1.70. The van der Waals surface area contributed by atoms with Crippen molar-refractivity contribution in [1.82, 2.24) is 15.2 Å². The molecular weight excluding hydrogens is 338 g/mol. The molecule has 1 spiro atoms. The van der Waals surface area contributed by atoms with Gasteiger partial charge in [-0.25, -0.2) is 4.98 Å². The number of aryl methyl sites for hydroxylation is 1. The van der Waals surface area contributed by atoms with Crippen molar-refractivity contribution in [3.63, 3.8) is 0 Å². The van der Waals surface area contributed by atoms with E-state index in [4.69, 9.17) is 9.15 Å². The molecule has 0 atom stereocenters. The minimum absolute atomic E-state index is 0.0960. The lowest BCUT2D eigenvalue weighted by Gasteiger charge is -2.40. The summed E-state index contributed by atoms with van der Waals surface area (Å²) in [4.78, 5) is 19.7. The summed E-state index contributed by atoms with van der Waals surface area (Å²) in [5, 5.41) is 5.02. The summed E-state index contributed by atoms with van der Waals surface area (Å²) in [5.74, 6) is 1.70. The van der Waals surface area contributed by atoms with Crippen LogP contribution in [0.1, 0.15) is 30.7 Å². The molecule has 6 nitrogen and oxygen atoms in total. The Morgan fingerprint density at radius 1 is 1.40 bits per heavy atom. The number of likely N-dealkylation sites (tertiary alicyclic amines) is 1. The number of hydrogen-bond donors (Lipinski definition) is 1. The van der Waals surface area contributed by atoms with Gasteiger partial charge >= 0.3 is 0 Å². The van der Waals surface area contributed by atoms with Crippen LogP contribution >= 0.6 is 11.3 Å². The monoisotopic (exact) mass is 361 g/mol. The van der Waals surface area contributed by atoms with E-state index < -0.39 is 0 Å². The smallest absolute Gasteiger partial charge is 0.236 e. The quantitative estimate of drug-likeness (QED) is 0.910. The molecule has 0 aromatic carbocycles. The number of oxazole rings is 1. The number of hydrogen-bond acceptors (Lipinski definition) is 6. The van der Waals surface area contributed by atoms with Gasteiger partial charge in [0.25, 0.3) is 0 Å². The maximum atomic E-state index is 11.5. The van der Waals surface area contributed by atoms with E-state index in [1.807, 2.05) is 24.4 Å². The van der Waals surface area contributed by atoms with E-state index in [-0.39, 0.29) is 11.5 Å². The molecule has 4 heterocycles. The Labute approximate surface area is 151 Å². The Balaban J connectivity index is 1.38. The van der Waals surface area contributed by atoms with E-state index in [2.05, 4.69) is 15.2 Å². The molecule has 1 N–H and O–H groups in total. The number of aromatic nitrogens is 1. The molecule has 0 saturated carbocycles. The van der Waals surface area contributed by atoms with Crippen LogP contribution in [-0.4, -0.2) is 47.6 Å². The van der Waals surface area contributed by atoms with Crippen LogP contribution < -0.4 is 5.32 Å². The largest absolute Gasteiger partial charge is 0.440 e. The Kier molecular flexibility index (Phi) is 4.62. The van der Waals surface area contributed by atoms with E-state index in [1.165, 1.54) is 0 Å². The number of nitrogens with zero attached hydrogens (tertiary/aromatic N) is 2. The van der Waals surface area contributed by atoms with Crippen molar-refractivity contribution in [3.05, 3.63) is 29.0 Å². The third-order valence-electron chi connectivity index (χ3n) is 5.11. The number of nitrogens with one attached hydrogen (secondary N) is 1. The van der Waals surface area contributed by atoms with Gasteiger partial charge < -0.3 is 14.5 Å². The van der Waals surface area contributed by atoms with Crippen LogP contribution in [0.3, 0.4) is 0 Å². The highest BCUT2D eigenvalue weighted by atomic mass is 32.1. The van der Waals surface area contributed by atoms with Gasteiger partial charge in [0, 0.05) is 32.6 Å². The van der Waals surface area contributed by atoms with Crippen molar-refractivity contribution >= 4 is 17.2 Å². The standard InChI is InChI=1S/C18H23N3O3S/c1-13-14(20-17(24-13)15-3-2-10-25-15)11-21-7-5-18(6-8-21)12-19-16(22)4-9-23-18/h2-3,10H,4-9,11-12H2,1H3,(H,19,22). The lowest BCUT2D eigenvalue weighted by molar-refractivity contribution is -0.120. The number of carbonyl (C=O) groups excluding carboxylic acids is 1. The van der Waals surface area contributed by atoms with Gasteiger partial charge in [0.05, 0.1) is 22.8 Å². The van der Waals surface area contributed by atoms with Crippen molar-refractivity contribution in [2.45, 2.75) is 38.3 Å². The van der Waals surface area contributed by atoms with Crippen LogP contribution in [0.2, 0.25) is 0 Å². The highest BCUT2D eigenvalue weighted by molar-refractivity contribution is 7.13. The number of amides is 1. The molecule has 134 valence electrons. The van der Waals surface area contributed by atoms with Gasteiger partial charge in [0.1, 0.15) is 5.76 Å². The number of thiophene rings is 1. The van der Waals surface area contributed by atoms with E-state index >= 15 is 0 Å². The average Bonchev–Trinajstić information content (AvgIpc) is 3.22. The molecule has 4 rings (SSSR count). The highest BCUT2D eigenvalue weighted by Crippen LogP contribution is 2.30. The van der Waals surface area contributed by atoms with Crippen LogP contribution in [0.15, 0.2) is 21.9 Å². The summed E-state index contributed by atoms with van der Waals surface area (Å²) in [6, 6.07) is 4.04. The predicted octanol–water partition coefficient (Wildman–Crippen LogP) is 2.58. The zero-order valence-electron chi connectivity index (χ0n) is 14.4. The Morgan fingerprint density at radius 3 is 3.00 bits per heavy atom. The molecule has 0 unspecified atom stereocenters. The summed E-state index contributed by atoms with van der Waals surface area (Å²) in [6.07, 6.45) is 2.33. The van der Waals surface area contributed by atoms with Crippen molar-refractivity contribution in [2.24, 2.45) is 0 Å². The maximum Gasteiger partial charge on any atom is 0.236 e. The second-order valence-electron chi connectivity index (χ2n) is 6.83. The molecule has 7 heteroatoms. The zero-order valence-corrected chi connectivity index (χ0v) is 15.2. The second kappa shape index (κ2) is 6.90. The maximum absolute atomic E-state index is 11.5. The van der Waals surface area contributed by atoms with Crippen LogP contribution in [0.5, 0.6) is 0 Å². The SMILES string of the molecule is Cc1oc(-c2cccs2)nc1CN1CCC2(CC1)CNC(=O)CCO2. The molecular formula is C18H23N3O3S. The number of rotatable bonds is 3. The third-order valence-corrected chi connectivity index (χ3v) is 5.97. The third kappa shape index (κ3) is 3.63. The second-order valence-corrected chi connectivity index (χ2v) is 7.78. The first-order valence-corrected chi connectivity index (χ1v) is 9.65. The van der Waals surface area contributed by atoms with Crippen molar-refractivity contribution in [3.8, 4) is 10.8 Å². The van der Waals surface area contributed by atoms with Gasteiger partial charge in [-0.15, -0.1) is 11.3 Å². The summed E-state index contributed by atoms with van der Waals surface area (Å²) in [5.41, 5.74) is 0.818. The first-order chi connectivity index (χ1) is 12.1. The molecule has 25 heavy (non-hydrogen) atoms. The first kappa shape index (κ1) is 16.8. The Morgan fingerprint density at radius 2 is 2.24 bits per heavy atom. The minimum Gasteiger partial charge on any atom is -0.440 e. The fraction of sp³-hybridized carbons (Fsp3) is 0.556. The summed E-state index contributed by atoms with van der Waals surface area (Å²) < 4.78 is 11.9. The van der Waals surface area contributed by atoms with Crippen molar-refractivity contribution in [1.29, 1.82) is 0 Å². The molecule has 2 aliphatic rings. The molecule has 2 aromatic rings. The van der Waals surface area contributed by atoms with Crippen LogP contribution in [-0.2, 0) is 16.1 Å². The number of ether oxygens (including phenoxy) is 1. The van der Waals surface area contributed by atoms with Gasteiger partial charge in [-0.05, 0) is 31.2 Å². The van der Waals surface area contributed by atoms with Crippen LogP contribution in [0.25, 0.3) is 10.8 Å². The topological polar surface area (TPSA) is 67.6 Å². The summed E-state index contributed by atoms with van der Waals surface area (Å²) in [6.45, 7) is 5.81. The van der Waals surface area contributed by atoms with Gasteiger partial charge in [-0.3, -0.25) is 9.69 Å². The molecule has 1 amide bonds. The molecule has 2 aliphatic heterocycles. The minimum atomic E-state index is -0.191. The lowest BCUT2D eigenvalue weighted by atomic mass is 9.91. The van der Waals surface area contributed by atoms with E-state index in [1.54, 1.807) is 11.3 Å². The van der Waals surface area contributed by atoms with Crippen LogP contribution in [0, 0.1) is 6.92 Å². The zero-order chi connectivity index (χ0) is 17.3. The average molecular weight is 361 g/mol. The first-order valence-electron chi connectivity index (χ1n) is 8.77. The van der Waals surface area contributed by atoms with E-state index in [0.29, 0.717) is 25.5 Å². The molecule has 2 saturated heterocycles. The van der Waals surface area contributed by atoms with Gasteiger partial charge in [0.2, 0.25) is 11.8 Å². The molecule has 0 bridgehead atoms. The Bertz CT molecular complexity index is 733. The van der Waals surface area contributed by atoms with Crippen molar-refractivity contribution in [2.75, 3.05) is 26.2 Å². The highest BCUT2D eigenvalue weighted by Gasteiger charge is 2.37. The lowest BCUT2D eigenvalue weighted by Crippen LogP contribution is -2.50. The summed E-state index contributed by atoms with van der Waals surface area (Å²) >= 11 is 1.64. The number of piperidine rings is 1. The summed E-state index contributed by atoms with van der Waals surface area (Å²) in [7, 11) is 0. The van der Waals surface area contributed by atoms with E-state index in [9.17, 15) is 4.79 Å². The fourth-order valence-corrected chi connectivity index (χ4v) is 4.14. The normalized spacial score (nSPS) is 21.2. The predicted molar refractivity (Wildman–Crippen MR) is 95.4 cm³/mol. The molecule has 2 aromatic heterocycles. The molecule has 0 radical (unpaired) electrons.